The summed E-state index contributed by atoms with van der Waals surface area (Å²) in [6.45, 7) is 0.957. The van der Waals surface area contributed by atoms with Crippen LogP contribution in [0.4, 0.5) is 0 Å². The number of halogens is 1. The van der Waals surface area contributed by atoms with Gasteiger partial charge >= 0.3 is 0 Å². The van der Waals surface area contributed by atoms with Crippen LogP contribution >= 0.6 is 12.4 Å². The lowest BCUT2D eigenvalue weighted by molar-refractivity contribution is -0.0971. The fourth-order valence-corrected chi connectivity index (χ4v) is 1.75. The average Bonchev–Trinajstić information content (AvgIpc) is 2.18. The summed E-state index contributed by atoms with van der Waals surface area (Å²) >= 11 is 0. The first-order valence-electron chi connectivity index (χ1n) is 4.67. The number of rotatable bonds is 3. The van der Waals surface area contributed by atoms with Crippen LogP contribution in [0.5, 0.6) is 0 Å². The van der Waals surface area contributed by atoms with Gasteiger partial charge in [0.1, 0.15) is 12.0 Å². The van der Waals surface area contributed by atoms with E-state index in [1.165, 1.54) is 0 Å². The summed E-state index contributed by atoms with van der Waals surface area (Å²) in [7, 11) is 1.68. The molecule has 0 aromatic heterocycles. The van der Waals surface area contributed by atoms with Crippen LogP contribution in [0.15, 0.2) is 24.3 Å². The Bertz CT molecular complexity index is 345. The third-order valence-electron chi connectivity index (χ3n) is 2.73. The van der Waals surface area contributed by atoms with E-state index in [-0.39, 0.29) is 18.1 Å². The van der Waals surface area contributed by atoms with Crippen LogP contribution in [0.2, 0.25) is 0 Å². The smallest absolute Gasteiger partial charge is 0.150 e. The molecule has 2 rings (SSSR count). The van der Waals surface area contributed by atoms with Crippen LogP contribution in [0.3, 0.4) is 0 Å². The van der Waals surface area contributed by atoms with Crippen molar-refractivity contribution in [2.45, 2.75) is 12.1 Å². The minimum atomic E-state index is -0.362. The fourth-order valence-electron chi connectivity index (χ4n) is 1.75. The molecule has 3 nitrogen and oxygen atoms in total. The molecule has 0 amide bonds. The van der Waals surface area contributed by atoms with Crippen molar-refractivity contribution in [2.75, 3.05) is 13.7 Å². The first kappa shape index (κ1) is 12.2. The van der Waals surface area contributed by atoms with Crippen LogP contribution in [0, 0.1) is 0 Å². The summed E-state index contributed by atoms with van der Waals surface area (Å²) in [5.41, 5.74) is 1.35. The molecule has 0 radical (unpaired) electrons. The van der Waals surface area contributed by atoms with Gasteiger partial charge in [0, 0.05) is 25.6 Å². The Labute approximate surface area is 95.2 Å². The largest absolute Gasteiger partial charge is 0.360 e. The minimum Gasteiger partial charge on any atom is -0.360 e. The Morgan fingerprint density at radius 2 is 2.27 bits per heavy atom. The van der Waals surface area contributed by atoms with Gasteiger partial charge in [-0.2, -0.15) is 0 Å². The third kappa shape index (κ3) is 2.04. The lowest BCUT2D eigenvalue weighted by atomic mass is 9.92. The van der Waals surface area contributed by atoms with Crippen molar-refractivity contribution in [3.63, 3.8) is 0 Å². The summed E-state index contributed by atoms with van der Waals surface area (Å²) in [6, 6.07) is 7.50. The number of carbonyl (C=O) groups is 1. The van der Waals surface area contributed by atoms with Gasteiger partial charge in [0.25, 0.3) is 0 Å². The first-order valence-corrected chi connectivity index (χ1v) is 4.67. The molecule has 1 aliphatic rings. The van der Waals surface area contributed by atoms with E-state index in [1.54, 1.807) is 13.2 Å². The molecule has 4 heteroatoms. The van der Waals surface area contributed by atoms with Gasteiger partial charge in [0.15, 0.2) is 0 Å². The Hall–Kier alpha value is -0.900. The zero-order chi connectivity index (χ0) is 10.0. The van der Waals surface area contributed by atoms with E-state index in [1.807, 2.05) is 18.2 Å². The highest BCUT2D eigenvalue weighted by molar-refractivity contribution is 5.85. The Kier molecular flexibility index (Phi) is 3.85. The summed E-state index contributed by atoms with van der Waals surface area (Å²) in [4.78, 5) is 10.6. The number of aldehydes is 1. The van der Waals surface area contributed by atoms with Crippen LogP contribution in [-0.2, 0) is 10.5 Å². The van der Waals surface area contributed by atoms with E-state index in [9.17, 15) is 4.79 Å². The van der Waals surface area contributed by atoms with E-state index in [0.717, 1.165) is 24.8 Å². The van der Waals surface area contributed by atoms with Crippen molar-refractivity contribution >= 4 is 18.7 Å². The molecular formula is C11H14ClNO2. The van der Waals surface area contributed by atoms with Gasteiger partial charge in [-0.05, 0) is 11.6 Å². The van der Waals surface area contributed by atoms with Crippen molar-refractivity contribution in [3.05, 3.63) is 35.4 Å². The van der Waals surface area contributed by atoms with Crippen molar-refractivity contribution < 1.29 is 9.53 Å². The zero-order valence-electron chi connectivity index (χ0n) is 8.53. The Morgan fingerprint density at radius 3 is 2.73 bits per heavy atom. The van der Waals surface area contributed by atoms with Gasteiger partial charge in [-0.1, -0.05) is 18.2 Å². The Balaban J connectivity index is 0.00000112. The molecule has 82 valence electrons. The fraction of sp³-hybridized carbons (Fsp3) is 0.364. The molecule has 1 aliphatic heterocycles. The quantitative estimate of drug-likeness (QED) is 0.800. The second kappa shape index (κ2) is 4.75. The first-order chi connectivity index (χ1) is 6.80. The molecule has 0 spiro atoms. The molecule has 0 saturated carbocycles. The molecule has 0 bridgehead atoms. The number of methoxy groups -OCH3 is 1. The molecule has 1 aromatic carbocycles. The van der Waals surface area contributed by atoms with Crippen LogP contribution in [0.1, 0.15) is 22.3 Å². The monoisotopic (exact) mass is 227 g/mol. The topological polar surface area (TPSA) is 38.3 Å². The predicted molar refractivity (Wildman–Crippen MR) is 60.4 cm³/mol. The van der Waals surface area contributed by atoms with Crippen molar-refractivity contribution in [1.29, 1.82) is 0 Å². The molecule has 1 saturated heterocycles. The maximum Gasteiger partial charge on any atom is 0.150 e. The molecule has 1 atom stereocenters. The third-order valence-corrected chi connectivity index (χ3v) is 2.73. The second-order valence-corrected chi connectivity index (χ2v) is 3.45. The van der Waals surface area contributed by atoms with Crippen LogP contribution in [-0.4, -0.2) is 19.9 Å². The molecule has 1 heterocycles. The number of carbonyl (C=O) groups excluding carboxylic acids is 1. The second-order valence-electron chi connectivity index (χ2n) is 3.45. The number of hydrogen-bond donors (Lipinski definition) is 1. The van der Waals surface area contributed by atoms with E-state index < -0.39 is 0 Å². The lowest BCUT2D eigenvalue weighted by Crippen LogP contribution is -2.55. The minimum absolute atomic E-state index is 0. The van der Waals surface area contributed by atoms with Gasteiger partial charge in [0.2, 0.25) is 0 Å². The van der Waals surface area contributed by atoms with Crippen molar-refractivity contribution in [3.8, 4) is 0 Å². The average molecular weight is 228 g/mol. The molecule has 0 unspecified atom stereocenters. The molecular weight excluding hydrogens is 214 g/mol. The van der Waals surface area contributed by atoms with Crippen LogP contribution < -0.4 is 5.32 Å². The number of ether oxygens (including phenoxy) is 1. The SMILES string of the molecule is CO[C@@]1(c2cccc(C=O)c2)CCN1.Cl. The number of hydrogen-bond acceptors (Lipinski definition) is 3. The zero-order valence-corrected chi connectivity index (χ0v) is 9.34. The molecule has 1 aromatic rings. The summed E-state index contributed by atoms with van der Waals surface area (Å²) in [5, 5.41) is 3.24. The van der Waals surface area contributed by atoms with Gasteiger partial charge in [-0.3, -0.25) is 10.1 Å². The van der Waals surface area contributed by atoms with Crippen LogP contribution in [0.25, 0.3) is 0 Å². The molecule has 1 fully saturated rings. The highest BCUT2D eigenvalue weighted by atomic mass is 35.5. The maximum absolute atomic E-state index is 10.6. The normalized spacial score (nSPS) is 23.8. The van der Waals surface area contributed by atoms with Gasteiger partial charge < -0.3 is 4.74 Å². The van der Waals surface area contributed by atoms with E-state index in [4.69, 9.17) is 4.74 Å². The van der Waals surface area contributed by atoms with Crippen molar-refractivity contribution in [2.24, 2.45) is 0 Å². The van der Waals surface area contributed by atoms with E-state index in [0.29, 0.717) is 5.56 Å². The predicted octanol–water partition coefficient (Wildman–Crippen LogP) is 1.71. The summed E-state index contributed by atoms with van der Waals surface area (Å²) in [5.74, 6) is 0. The highest BCUT2D eigenvalue weighted by Gasteiger charge is 2.38. The number of benzene rings is 1. The Morgan fingerprint density at radius 1 is 1.53 bits per heavy atom. The maximum atomic E-state index is 10.6. The van der Waals surface area contributed by atoms with Gasteiger partial charge in [-0.15, -0.1) is 12.4 Å². The van der Waals surface area contributed by atoms with Gasteiger partial charge in [0.05, 0.1) is 0 Å². The molecule has 15 heavy (non-hydrogen) atoms. The van der Waals surface area contributed by atoms with Gasteiger partial charge in [-0.25, -0.2) is 0 Å². The molecule has 0 aliphatic carbocycles. The number of nitrogens with one attached hydrogen (secondary N) is 1. The standard InChI is InChI=1S/C11H13NO2.ClH/c1-14-11(5-6-12-11)10-4-2-3-9(7-10)8-13;/h2-4,7-8,12H,5-6H2,1H3;1H/t11-;/m1./s1. The van der Waals surface area contributed by atoms with E-state index >= 15 is 0 Å². The van der Waals surface area contributed by atoms with Crippen molar-refractivity contribution in [1.82, 2.24) is 5.32 Å². The summed E-state index contributed by atoms with van der Waals surface area (Å²) < 4.78 is 5.43. The lowest BCUT2D eigenvalue weighted by Gasteiger charge is -2.42. The van der Waals surface area contributed by atoms with E-state index in [2.05, 4.69) is 5.32 Å². The summed E-state index contributed by atoms with van der Waals surface area (Å²) in [6.07, 6.45) is 1.80. The highest BCUT2D eigenvalue weighted by Crippen LogP contribution is 2.31. The molecule has 1 N–H and O–H groups in total.